The Balaban J connectivity index is 1.41. The number of nitrogens with one attached hydrogen (secondary N) is 1. The second kappa shape index (κ2) is 6.12. The lowest BCUT2D eigenvalue weighted by Crippen LogP contribution is -2.29. The van der Waals surface area contributed by atoms with Crippen LogP contribution >= 0.6 is 0 Å². The number of hydrogen-bond donors (Lipinski definition) is 1. The molecule has 1 atom stereocenters. The summed E-state index contributed by atoms with van der Waals surface area (Å²) in [5, 5.41) is 2.99. The molecule has 8 nitrogen and oxygen atoms in total. The van der Waals surface area contributed by atoms with Crippen LogP contribution in [0, 0.1) is 0 Å². The van der Waals surface area contributed by atoms with Crippen molar-refractivity contribution in [1.82, 2.24) is 24.8 Å². The molecule has 0 aromatic carbocycles. The van der Waals surface area contributed by atoms with Crippen LogP contribution in [-0.2, 0) is 17.8 Å². The van der Waals surface area contributed by atoms with E-state index >= 15 is 0 Å². The van der Waals surface area contributed by atoms with Gasteiger partial charge in [0, 0.05) is 37.6 Å². The first-order chi connectivity index (χ1) is 13.5. The van der Waals surface area contributed by atoms with Gasteiger partial charge in [-0.15, -0.1) is 0 Å². The van der Waals surface area contributed by atoms with Gasteiger partial charge in [0.15, 0.2) is 0 Å². The minimum Gasteiger partial charge on any atom is -0.364 e. The summed E-state index contributed by atoms with van der Waals surface area (Å²) in [7, 11) is 0. The van der Waals surface area contributed by atoms with E-state index in [4.69, 9.17) is 0 Å². The molecule has 1 N–H and O–H groups in total. The number of allylic oxidation sites excluding steroid dienone is 2. The average molecular weight is 377 g/mol. The van der Waals surface area contributed by atoms with Crippen LogP contribution in [0.15, 0.2) is 35.8 Å². The number of pyridine rings is 1. The van der Waals surface area contributed by atoms with Gasteiger partial charge in [-0.25, -0.2) is 4.98 Å². The van der Waals surface area contributed by atoms with Crippen molar-refractivity contribution in [3.05, 3.63) is 58.6 Å². The van der Waals surface area contributed by atoms with E-state index in [9.17, 15) is 14.4 Å². The van der Waals surface area contributed by atoms with Crippen LogP contribution in [0.1, 0.15) is 51.8 Å². The first-order valence-electron chi connectivity index (χ1n) is 9.38. The van der Waals surface area contributed by atoms with Gasteiger partial charge in [-0.05, 0) is 31.0 Å². The fraction of sp³-hybridized carbons (Fsp3) is 0.350. The zero-order valence-corrected chi connectivity index (χ0v) is 15.4. The number of carbonyl (C=O) groups excluding carboxylic acids is 3. The molecular weight excluding hydrogens is 358 g/mol. The summed E-state index contributed by atoms with van der Waals surface area (Å²) in [5.41, 5.74) is 2.44. The normalized spacial score (nSPS) is 20.3. The summed E-state index contributed by atoms with van der Waals surface area (Å²) in [6.45, 7) is 3.85. The Morgan fingerprint density at radius 1 is 1.18 bits per heavy atom. The highest BCUT2D eigenvalue weighted by Crippen LogP contribution is 2.35. The van der Waals surface area contributed by atoms with Crippen LogP contribution in [0.4, 0.5) is 0 Å². The van der Waals surface area contributed by atoms with Crippen LogP contribution < -0.4 is 5.32 Å². The summed E-state index contributed by atoms with van der Waals surface area (Å²) in [6.07, 6.45) is 4.20. The fourth-order valence-electron chi connectivity index (χ4n) is 4.03. The third kappa shape index (κ3) is 2.56. The van der Waals surface area contributed by atoms with Crippen LogP contribution in [0.2, 0.25) is 0 Å². The zero-order chi connectivity index (χ0) is 19.4. The fourth-order valence-corrected chi connectivity index (χ4v) is 4.03. The highest BCUT2D eigenvalue weighted by atomic mass is 16.2. The van der Waals surface area contributed by atoms with Gasteiger partial charge in [0.1, 0.15) is 17.2 Å². The molecular formula is C20H19N5O3. The largest absolute Gasteiger partial charge is 0.364 e. The summed E-state index contributed by atoms with van der Waals surface area (Å²) in [6, 6.07) is 3.30. The number of carbonyl (C=O) groups is 3. The van der Waals surface area contributed by atoms with Gasteiger partial charge in [-0.1, -0.05) is 0 Å². The number of fused-ring (bicyclic) bond motifs is 3. The number of Topliss-reactive ketones (excluding diaryl/α,β-unsaturated/α-hetero) is 2. The second-order valence-electron chi connectivity index (χ2n) is 7.38. The van der Waals surface area contributed by atoms with Crippen molar-refractivity contribution >= 4 is 17.5 Å². The number of rotatable bonds is 4. The summed E-state index contributed by atoms with van der Waals surface area (Å²) in [5.74, 6) is 0.143. The molecule has 0 radical (unpaired) electrons. The Morgan fingerprint density at radius 2 is 1.93 bits per heavy atom. The van der Waals surface area contributed by atoms with E-state index < -0.39 is 0 Å². The van der Waals surface area contributed by atoms with Gasteiger partial charge >= 0.3 is 0 Å². The molecule has 2 aromatic rings. The van der Waals surface area contributed by atoms with E-state index in [1.165, 1.54) is 0 Å². The molecule has 1 unspecified atom stereocenters. The molecule has 1 amide bonds. The third-order valence-corrected chi connectivity index (χ3v) is 5.50. The monoisotopic (exact) mass is 377 g/mol. The molecule has 3 aliphatic rings. The van der Waals surface area contributed by atoms with Crippen LogP contribution in [-0.4, -0.2) is 50.0 Å². The molecule has 0 saturated carbocycles. The van der Waals surface area contributed by atoms with E-state index in [0.717, 1.165) is 18.7 Å². The first kappa shape index (κ1) is 16.9. The molecule has 1 saturated heterocycles. The maximum Gasteiger partial charge on any atom is 0.230 e. The van der Waals surface area contributed by atoms with Crippen molar-refractivity contribution in [2.75, 3.05) is 13.1 Å². The Kier molecular flexibility index (Phi) is 3.68. The molecule has 28 heavy (non-hydrogen) atoms. The zero-order valence-electron chi connectivity index (χ0n) is 15.4. The van der Waals surface area contributed by atoms with E-state index in [-0.39, 0.29) is 35.6 Å². The Hall–Kier alpha value is -3.29. The minimum atomic E-state index is -0.300. The lowest BCUT2D eigenvalue weighted by atomic mass is 9.95. The number of nitrogens with zero attached hydrogens (tertiary/aromatic N) is 4. The molecule has 142 valence electrons. The van der Waals surface area contributed by atoms with Crippen LogP contribution in [0.5, 0.6) is 0 Å². The molecule has 1 fully saturated rings. The standard InChI is InChI=1S/C20H19N5O3/c1-11-16(24-8-9-24)19(28)15-17(18(11)27)25-7-4-13(20(25)23-15)22-14(26)10-12-2-5-21-6-3-12/h2-3,5-6,13H,4,7-10H2,1H3,(H,22,26). The molecule has 1 aliphatic carbocycles. The van der Waals surface area contributed by atoms with Gasteiger partial charge in [0.05, 0.1) is 18.2 Å². The number of ketones is 2. The van der Waals surface area contributed by atoms with Crippen LogP contribution in [0.25, 0.3) is 0 Å². The molecule has 4 heterocycles. The van der Waals surface area contributed by atoms with Crippen molar-refractivity contribution in [2.24, 2.45) is 0 Å². The van der Waals surface area contributed by atoms with Crippen molar-refractivity contribution in [3.8, 4) is 0 Å². The van der Waals surface area contributed by atoms with E-state index in [2.05, 4.69) is 15.3 Å². The summed E-state index contributed by atoms with van der Waals surface area (Å²) in [4.78, 5) is 48.6. The van der Waals surface area contributed by atoms with Crippen LogP contribution in [0.3, 0.4) is 0 Å². The minimum absolute atomic E-state index is 0.123. The maximum absolute atomic E-state index is 12.9. The molecule has 2 aromatic heterocycles. The highest BCUT2D eigenvalue weighted by molar-refractivity contribution is 6.25. The summed E-state index contributed by atoms with van der Waals surface area (Å²) < 4.78 is 1.80. The van der Waals surface area contributed by atoms with Gasteiger partial charge in [0.2, 0.25) is 17.5 Å². The lowest BCUT2D eigenvalue weighted by molar-refractivity contribution is -0.121. The van der Waals surface area contributed by atoms with E-state index in [1.807, 2.05) is 4.90 Å². The molecule has 0 spiro atoms. The predicted molar refractivity (Wildman–Crippen MR) is 98.6 cm³/mol. The topological polar surface area (TPSA) is 97.0 Å². The van der Waals surface area contributed by atoms with Gasteiger partial charge in [0.25, 0.3) is 0 Å². The number of aromatic nitrogens is 3. The smallest absolute Gasteiger partial charge is 0.230 e. The van der Waals surface area contributed by atoms with E-state index in [1.54, 1.807) is 36.0 Å². The number of amides is 1. The van der Waals surface area contributed by atoms with Crippen molar-refractivity contribution in [3.63, 3.8) is 0 Å². The Labute approximate surface area is 161 Å². The van der Waals surface area contributed by atoms with Crippen molar-refractivity contribution in [2.45, 2.75) is 32.4 Å². The van der Waals surface area contributed by atoms with Crippen molar-refractivity contribution in [1.29, 1.82) is 0 Å². The number of imidazole rings is 1. The quantitative estimate of drug-likeness (QED) is 0.800. The van der Waals surface area contributed by atoms with E-state index in [0.29, 0.717) is 35.8 Å². The summed E-state index contributed by atoms with van der Waals surface area (Å²) >= 11 is 0. The van der Waals surface area contributed by atoms with Gasteiger partial charge in [-0.2, -0.15) is 0 Å². The van der Waals surface area contributed by atoms with Gasteiger partial charge < -0.3 is 14.8 Å². The first-order valence-corrected chi connectivity index (χ1v) is 9.38. The number of hydrogen-bond acceptors (Lipinski definition) is 6. The third-order valence-electron chi connectivity index (χ3n) is 5.50. The average Bonchev–Trinajstić information content (AvgIpc) is 3.32. The molecule has 0 bridgehead atoms. The SMILES string of the molecule is CC1=C(N2CC2)C(=O)c2nc3n(c2C1=O)CCC3NC(=O)Cc1ccncc1. The maximum atomic E-state index is 12.9. The van der Waals surface area contributed by atoms with Crippen molar-refractivity contribution < 1.29 is 14.4 Å². The van der Waals surface area contributed by atoms with Gasteiger partial charge in [-0.3, -0.25) is 19.4 Å². The molecule has 2 aliphatic heterocycles. The Bertz CT molecular complexity index is 1050. The second-order valence-corrected chi connectivity index (χ2v) is 7.38. The lowest BCUT2D eigenvalue weighted by Gasteiger charge is -2.17. The highest BCUT2D eigenvalue weighted by Gasteiger charge is 2.43. The Morgan fingerprint density at radius 3 is 2.64 bits per heavy atom. The predicted octanol–water partition coefficient (Wildman–Crippen LogP) is 1.05. The molecule has 5 rings (SSSR count). The molecule has 8 heteroatoms.